The molecule has 1 aromatic carbocycles. The number of benzene rings is 1. The topological polar surface area (TPSA) is 107 Å². The van der Waals surface area contributed by atoms with Gasteiger partial charge in [-0.25, -0.2) is 31.3 Å². The molecule has 0 saturated heterocycles. The van der Waals surface area contributed by atoms with E-state index in [-0.39, 0.29) is 34.1 Å². The van der Waals surface area contributed by atoms with E-state index in [2.05, 4.69) is 0 Å². The zero-order valence-electron chi connectivity index (χ0n) is 15.0. The molecule has 14 heteroatoms. The van der Waals surface area contributed by atoms with Gasteiger partial charge >= 0.3 is 11.9 Å². The summed E-state index contributed by atoms with van der Waals surface area (Å²) >= 11 is 0. The number of alkyl halides is 3. The molecule has 0 spiro atoms. The Balaban J connectivity index is 2.16. The van der Waals surface area contributed by atoms with Crippen molar-refractivity contribution in [2.75, 3.05) is 0 Å². The first-order valence-electron chi connectivity index (χ1n) is 8.19. The highest BCUT2D eigenvalue weighted by Crippen LogP contribution is 2.28. The van der Waals surface area contributed by atoms with Gasteiger partial charge in [-0.2, -0.15) is 13.2 Å². The summed E-state index contributed by atoms with van der Waals surface area (Å²) in [5.74, 6) is -4.53. The SMILES string of the molecule is Cn1c(C(F)(F)F)cc(=O)n(-c2cc(C(=O)NS(=O)(=O)C3CC3)c(F)cc2F)c1=O. The van der Waals surface area contributed by atoms with Crippen molar-refractivity contribution in [1.82, 2.24) is 13.9 Å². The van der Waals surface area contributed by atoms with Crippen LogP contribution in [0.4, 0.5) is 22.0 Å². The molecule has 3 rings (SSSR count). The Bertz CT molecular complexity index is 1280. The Hall–Kier alpha value is -3.03. The second-order valence-corrected chi connectivity index (χ2v) is 8.46. The largest absolute Gasteiger partial charge is 0.431 e. The summed E-state index contributed by atoms with van der Waals surface area (Å²) in [5, 5.41) is -0.839. The van der Waals surface area contributed by atoms with Crippen LogP contribution >= 0.6 is 0 Å². The number of carbonyl (C=O) groups excluding carboxylic acids is 1. The van der Waals surface area contributed by atoms with E-state index in [1.165, 1.54) is 0 Å². The molecule has 1 heterocycles. The van der Waals surface area contributed by atoms with Crippen molar-refractivity contribution in [3.8, 4) is 5.69 Å². The van der Waals surface area contributed by atoms with Gasteiger partial charge in [0.1, 0.15) is 17.3 Å². The second kappa shape index (κ2) is 7.04. The fourth-order valence-electron chi connectivity index (χ4n) is 2.65. The van der Waals surface area contributed by atoms with Gasteiger partial charge in [0.25, 0.3) is 11.5 Å². The van der Waals surface area contributed by atoms with Gasteiger partial charge in [0.2, 0.25) is 10.0 Å². The number of nitrogens with zero attached hydrogens (tertiary/aromatic N) is 2. The zero-order valence-corrected chi connectivity index (χ0v) is 15.8. The lowest BCUT2D eigenvalue weighted by atomic mass is 10.1. The molecule has 1 aromatic heterocycles. The summed E-state index contributed by atoms with van der Waals surface area (Å²) in [6.07, 6.45) is -4.48. The molecule has 1 aliphatic carbocycles. The fourth-order valence-corrected chi connectivity index (χ4v) is 3.94. The van der Waals surface area contributed by atoms with Gasteiger partial charge in [-0.3, -0.25) is 14.2 Å². The van der Waals surface area contributed by atoms with Gasteiger partial charge in [0.05, 0.1) is 16.5 Å². The normalized spacial score (nSPS) is 14.6. The number of nitrogens with one attached hydrogen (secondary N) is 1. The summed E-state index contributed by atoms with van der Waals surface area (Å²) in [6, 6.07) is 0.511. The zero-order chi connectivity index (χ0) is 22.6. The van der Waals surface area contributed by atoms with Crippen LogP contribution < -0.4 is 16.0 Å². The Morgan fingerprint density at radius 3 is 2.23 bits per heavy atom. The Kier molecular flexibility index (Phi) is 5.08. The lowest BCUT2D eigenvalue weighted by molar-refractivity contribution is -0.144. The molecular weight excluding hydrogens is 441 g/mol. The monoisotopic (exact) mass is 453 g/mol. The molecule has 1 aliphatic rings. The van der Waals surface area contributed by atoms with E-state index in [0.717, 1.165) is 0 Å². The Labute approximate surface area is 164 Å². The quantitative estimate of drug-likeness (QED) is 0.697. The van der Waals surface area contributed by atoms with Crippen LogP contribution in [0.15, 0.2) is 27.8 Å². The third-order valence-corrected chi connectivity index (χ3v) is 6.15. The van der Waals surface area contributed by atoms with Gasteiger partial charge in [0.15, 0.2) is 0 Å². The van der Waals surface area contributed by atoms with E-state index in [0.29, 0.717) is 13.1 Å². The van der Waals surface area contributed by atoms with Gasteiger partial charge in [-0.05, 0) is 18.9 Å². The molecule has 1 fully saturated rings. The van der Waals surface area contributed by atoms with E-state index in [9.17, 15) is 44.8 Å². The van der Waals surface area contributed by atoms with Crippen LogP contribution in [0.1, 0.15) is 28.9 Å². The molecule has 1 N–H and O–H groups in total. The summed E-state index contributed by atoms with van der Waals surface area (Å²) < 4.78 is 92.4. The van der Waals surface area contributed by atoms with E-state index in [1.807, 2.05) is 0 Å². The van der Waals surface area contributed by atoms with Crippen LogP contribution in [0, 0.1) is 11.6 Å². The van der Waals surface area contributed by atoms with Crippen molar-refractivity contribution in [3.63, 3.8) is 0 Å². The Morgan fingerprint density at radius 2 is 1.70 bits per heavy atom. The Morgan fingerprint density at radius 1 is 1.10 bits per heavy atom. The molecule has 1 saturated carbocycles. The average Bonchev–Trinajstić information content (AvgIpc) is 3.44. The second-order valence-electron chi connectivity index (χ2n) is 6.50. The van der Waals surface area contributed by atoms with Crippen LogP contribution in [0.3, 0.4) is 0 Å². The summed E-state index contributed by atoms with van der Waals surface area (Å²) in [4.78, 5) is 36.5. The van der Waals surface area contributed by atoms with Crippen LogP contribution in [-0.4, -0.2) is 28.7 Å². The predicted octanol–water partition coefficient (Wildman–Crippen LogP) is 1.06. The molecule has 0 aliphatic heterocycles. The lowest BCUT2D eigenvalue weighted by Crippen LogP contribution is -2.41. The molecule has 30 heavy (non-hydrogen) atoms. The molecule has 8 nitrogen and oxygen atoms in total. The minimum Gasteiger partial charge on any atom is -0.292 e. The third-order valence-electron chi connectivity index (χ3n) is 4.33. The number of halogens is 5. The number of carbonyl (C=O) groups is 1. The van der Waals surface area contributed by atoms with Crippen molar-refractivity contribution in [1.29, 1.82) is 0 Å². The van der Waals surface area contributed by atoms with Crippen molar-refractivity contribution < 1.29 is 35.2 Å². The predicted molar refractivity (Wildman–Crippen MR) is 91.6 cm³/mol. The van der Waals surface area contributed by atoms with Crippen LogP contribution in [0.25, 0.3) is 5.69 Å². The minimum atomic E-state index is -5.06. The molecule has 162 valence electrons. The first kappa shape index (κ1) is 21.7. The summed E-state index contributed by atoms with van der Waals surface area (Å²) in [5.41, 5.74) is -6.86. The van der Waals surface area contributed by atoms with Crippen LogP contribution in [0.2, 0.25) is 0 Å². The number of aromatic nitrogens is 2. The highest BCUT2D eigenvalue weighted by atomic mass is 32.2. The smallest absolute Gasteiger partial charge is 0.292 e. The van der Waals surface area contributed by atoms with Crippen molar-refractivity contribution in [2.24, 2.45) is 7.05 Å². The summed E-state index contributed by atoms with van der Waals surface area (Å²) in [7, 11) is -3.42. The van der Waals surface area contributed by atoms with Gasteiger partial charge in [-0.1, -0.05) is 0 Å². The van der Waals surface area contributed by atoms with Gasteiger partial charge in [0, 0.05) is 19.2 Å². The molecule has 1 amide bonds. The minimum absolute atomic E-state index is 0.0293. The number of rotatable bonds is 4. The summed E-state index contributed by atoms with van der Waals surface area (Å²) in [6.45, 7) is 0. The van der Waals surface area contributed by atoms with E-state index in [1.54, 1.807) is 4.72 Å². The molecule has 0 bridgehead atoms. The molecule has 0 radical (unpaired) electrons. The molecular formula is C16H12F5N3O5S. The fraction of sp³-hybridized carbons (Fsp3) is 0.312. The van der Waals surface area contributed by atoms with Crippen LogP contribution in [-0.2, 0) is 23.2 Å². The molecule has 0 unspecified atom stereocenters. The lowest BCUT2D eigenvalue weighted by Gasteiger charge is -2.15. The van der Waals surface area contributed by atoms with E-state index in [4.69, 9.17) is 0 Å². The molecule has 0 atom stereocenters. The van der Waals surface area contributed by atoms with Crippen molar-refractivity contribution in [3.05, 3.63) is 61.9 Å². The third kappa shape index (κ3) is 3.86. The van der Waals surface area contributed by atoms with E-state index < -0.39 is 67.2 Å². The highest BCUT2D eigenvalue weighted by Gasteiger charge is 2.38. The number of hydrogen-bond acceptors (Lipinski definition) is 5. The van der Waals surface area contributed by atoms with Crippen LogP contribution in [0.5, 0.6) is 0 Å². The standard InChI is InChI=1S/C16H12F5N3O5S/c1-23-12(16(19,20)21)6-13(25)24(15(23)27)11-4-8(9(17)5-10(11)18)14(26)22-30(28,29)7-2-3-7/h4-7H,2-3H2,1H3,(H,22,26). The number of sulfonamides is 1. The van der Waals surface area contributed by atoms with Gasteiger partial charge < -0.3 is 0 Å². The van der Waals surface area contributed by atoms with Gasteiger partial charge in [-0.15, -0.1) is 0 Å². The first-order valence-corrected chi connectivity index (χ1v) is 9.74. The highest BCUT2D eigenvalue weighted by molar-refractivity contribution is 7.91. The maximum atomic E-state index is 14.3. The van der Waals surface area contributed by atoms with Crippen molar-refractivity contribution in [2.45, 2.75) is 24.3 Å². The van der Waals surface area contributed by atoms with E-state index >= 15 is 0 Å². The number of hydrogen-bond donors (Lipinski definition) is 1. The van der Waals surface area contributed by atoms with Crippen molar-refractivity contribution >= 4 is 15.9 Å². The number of amides is 1. The molecule has 2 aromatic rings. The average molecular weight is 453 g/mol. The maximum Gasteiger partial charge on any atom is 0.431 e. The first-order chi connectivity index (χ1) is 13.7. The maximum absolute atomic E-state index is 14.3.